The summed E-state index contributed by atoms with van der Waals surface area (Å²) in [5.41, 5.74) is 0.763. The molecule has 0 aromatic heterocycles. The maximum absolute atomic E-state index is 12.3. The molecule has 2 amide bonds. The van der Waals surface area contributed by atoms with Crippen molar-refractivity contribution in [3.05, 3.63) is 29.8 Å². The second-order valence-electron chi connectivity index (χ2n) is 5.65. The lowest BCUT2D eigenvalue weighted by molar-refractivity contribution is -0.138. The predicted molar refractivity (Wildman–Crippen MR) is 93.6 cm³/mol. The van der Waals surface area contributed by atoms with E-state index in [0.717, 1.165) is 5.56 Å². The van der Waals surface area contributed by atoms with Crippen LogP contribution in [0.25, 0.3) is 6.08 Å². The van der Waals surface area contributed by atoms with Gasteiger partial charge in [0, 0.05) is 25.2 Å². The van der Waals surface area contributed by atoms with E-state index in [1.54, 1.807) is 50.3 Å². The number of ether oxygens (including phenoxy) is 3. The molecule has 2 rings (SSSR count). The van der Waals surface area contributed by atoms with E-state index >= 15 is 0 Å². The van der Waals surface area contributed by atoms with Crippen LogP contribution in [0.1, 0.15) is 12.5 Å². The molecule has 0 saturated carbocycles. The Bertz CT molecular complexity index is 616. The maximum Gasteiger partial charge on any atom is 0.245 e. The van der Waals surface area contributed by atoms with E-state index in [2.05, 4.69) is 5.32 Å². The van der Waals surface area contributed by atoms with Crippen molar-refractivity contribution in [2.24, 2.45) is 0 Å². The van der Waals surface area contributed by atoms with Gasteiger partial charge in [0.05, 0.1) is 27.4 Å². The van der Waals surface area contributed by atoms with Crippen molar-refractivity contribution in [3.8, 4) is 11.5 Å². The predicted octanol–water partition coefficient (Wildman–Crippen LogP) is 1.08. The summed E-state index contributed by atoms with van der Waals surface area (Å²) in [5.74, 6) is 0.828. The van der Waals surface area contributed by atoms with Gasteiger partial charge < -0.3 is 24.4 Å². The number of nitrogens with zero attached hydrogens (tertiary/aromatic N) is 1. The molecular weight excluding hydrogens is 324 g/mol. The molecule has 1 aliphatic heterocycles. The van der Waals surface area contributed by atoms with Crippen LogP contribution in [0.3, 0.4) is 0 Å². The zero-order chi connectivity index (χ0) is 18.2. The Kier molecular flexibility index (Phi) is 6.82. The van der Waals surface area contributed by atoms with Gasteiger partial charge in [-0.25, -0.2) is 0 Å². The molecule has 1 heterocycles. The van der Waals surface area contributed by atoms with Gasteiger partial charge in [-0.1, -0.05) is 0 Å². The number of methoxy groups -OCH3 is 2. The van der Waals surface area contributed by atoms with Crippen molar-refractivity contribution in [2.45, 2.75) is 13.0 Å². The minimum Gasteiger partial charge on any atom is -0.497 e. The fourth-order valence-electron chi connectivity index (χ4n) is 2.48. The smallest absolute Gasteiger partial charge is 0.245 e. The van der Waals surface area contributed by atoms with Crippen LogP contribution >= 0.6 is 0 Å². The first-order valence-corrected chi connectivity index (χ1v) is 8.11. The van der Waals surface area contributed by atoms with E-state index in [4.69, 9.17) is 14.2 Å². The molecule has 0 spiro atoms. The quantitative estimate of drug-likeness (QED) is 0.779. The minimum absolute atomic E-state index is 0.104. The summed E-state index contributed by atoms with van der Waals surface area (Å²) in [6.45, 7) is 3.85. The summed E-state index contributed by atoms with van der Waals surface area (Å²) in [5, 5.41) is 2.68. The first-order chi connectivity index (χ1) is 12.0. The fourth-order valence-corrected chi connectivity index (χ4v) is 2.48. The Morgan fingerprint density at radius 2 is 1.76 bits per heavy atom. The third-order valence-corrected chi connectivity index (χ3v) is 3.85. The first-order valence-electron chi connectivity index (χ1n) is 8.11. The monoisotopic (exact) mass is 348 g/mol. The zero-order valence-electron chi connectivity index (χ0n) is 14.8. The van der Waals surface area contributed by atoms with Crippen LogP contribution in [0.2, 0.25) is 0 Å². The van der Waals surface area contributed by atoms with Crippen molar-refractivity contribution >= 4 is 17.9 Å². The highest BCUT2D eigenvalue weighted by molar-refractivity contribution is 5.95. The highest BCUT2D eigenvalue weighted by Gasteiger charge is 2.22. The van der Waals surface area contributed by atoms with Crippen LogP contribution in [0.15, 0.2) is 24.3 Å². The molecule has 1 aromatic rings. The Labute approximate surface area is 147 Å². The van der Waals surface area contributed by atoms with Crippen molar-refractivity contribution in [1.82, 2.24) is 10.2 Å². The SMILES string of the molecule is COc1cc(C=CC(=O)NC(C)C(=O)N2CCOCC2)cc(OC)c1. The second-order valence-corrected chi connectivity index (χ2v) is 5.65. The second kappa shape index (κ2) is 9.08. The van der Waals surface area contributed by atoms with Crippen molar-refractivity contribution in [2.75, 3.05) is 40.5 Å². The van der Waals surface area contributed by atoms with Crippen molar-refractivity contribution in [3.63, 3.8) is 0 Å². The number of hydrogen-bond acceptors (Lipinski definition) is 5. The number of morpholine rings is 1. The summed E-state index contributed by atoms with van der Waals surface area (Å²) in [7, 11) is 3.13. The standard InChI is InChI=1S/C18H24N2O5/c1-13(18(22)20-6-8-25-9-7-20)19-17(21)5-4-14-10-15(23-2)12-16(11-14)24-3/h4-5,10-13H,6-9H2,1-3H3,(H,19,21). The van der Waals surface area contributed by atoms with E-state index in [9.17, 15) is 9.59 Å². The highest BCUT2D eigenvalue weighted by Crippen LogP contribution is 2.23. The molecule has 7 nitrogen and oxygen atoms in total. The highest BCUT2D eigenvalue weighted by atomic mass is 16.5. The normalized spacial score (nSPS) is 15.7. The third-order valence-electron chi connectivity index (χ3n) is 3.85. The van der Waals surface area contributed by atoms with Crippen molar-refractivity contribution in [1.29, 1.82) is 0 Å². The molecule has 0 radical (unpaired) electrons. The number of carbonyl (C=O) groups excluding carboxylic acids is 2. The van der Waals surface area contributed by atoms with Gasteiger partial charge >= 0.3 is 0 Å². The number of hydrogen-bond donors (Lipinski definition) is 1. The molecule has 0 aliphatic carbocycles. The van der Waals surface area contributed by atoms with Gasteiger partial charge in [0.2, 0.25) is 11.8 Å². The molecule has 136 valence electrons. The van der Waals surface area contributed by atoms with E-state index in [1.807, 2.05) is 0 Å². The number of nitrogens with one attached hydrogen (secondary N) is 1. The first kappa shape index (κ1) is 18.8. The van der Waals surface area contributed by atoms with E-state index in [0.29, 0.717) is 37.8 Å². The van der Waals surface area contributed by atoms with Crippen LogP contribution in [0.5, 0.6) is 11.5 Å². The molecular formula is C18H24N2O5. The molecule has 1 N–H and O–H groups in total. The van der Waals surface area contributed by atoms with Crippen LogP contribution < -0.4 is 14.8 Å². The van der Waals surface area contributed by atoms with Gasteiger partial charge in [-0.15, -0.1) is 0 Å². The minimum atomic E-state index is -0.588. The molecule has 7 heteroatoms. The lowest BCUT2D eigenvalue weighted by Gasteiger charge is -2.29. The molecule has 1 atom stereocenters. The van der Waals surface area contributed by atoms with Gasteiger partial charge in [-0.2, -0.15) is 0 Å². The molecule has 0 bridgehead atoms. The van der Waals surface area contributed by atoms with Crippen LogP contribution in [0.4, 0.5) is 0 Å². The number of amides is 2. The van der Waals surface area contributed by atoms with Gasteiger partial charge in [0.1, 0.15) is 17.5 Å². The zero-order valence-corrected chi connectivity index (χ0v) is 14.8. The lowest BCUT2D eigenvalue weighted by atomic mass is 10.2. The number of carbonyl (C=O) groups is 2. The average Bonchev–Trinajstić information content (AvgIpc) is 2.66. The maximum atomic E-state index is 12.3. The summed E-state index contributed by atoms with van der Waals surface area (Å²) in [6, 6.07) is 4.74. The Hall–Kier alpha value is -2.54. The molecule has 25 heavy (non-hydrogen) atoms. The Morgan fingerprint density at radius 3 is 2.32 bits per heavy atom. The average molecular weight is 348 g/mol. The topological polar surface area (TPSA) is 77.1 Å². The van der Waals surface area contributed by atoms with Crippen molar-refractivity contribution < 1.29 is 23.8 Å². The summed E-state index contributed by atoms with van der Waals surface area (Å²) in [6.07, 6.45) is 3.03. The van der Waals surface area contributed by atoms with Crippen LogP contribution in [0, 0.1) is 0 Å². The molecule has 1 aliphatic rings. The lowest BCUT2D eigenvalue weighted by Crippen LogP contribution is -2.50. The molecule has 1 aromatic carbocycles. The summed E-state index contributed by atoms with van der Waals surface area (Å²) in [4.78, 5) is 26.0. The van der Waals surface area contributed by atoms with Gasteiger partial charge in [-0.3, -0.25) is 9.59 Å². The molecule has 1 saturated heterocycles. The Morgan fingerprint density at radius 1 is 1.16 bits per heavy atom. The molecule has 1 fully saturated rings. The number of rotatable bonds is 6. The number of benzene rings is 1. The summed E-state index contributed by atoms with van der Waals surface area (Å²) < 4.78 is 15.6. The van der Waals surface area contributed by atoms with Crippen LogP contribution in [-0.4, -0.2) is 63.3 Å². The fraction of sp³-hybridized carbons (Fsp3) is 0.444. The van der Waals surface area contributed by atoms with Gasteiger partial charge in [-0.05, 0) is 30.7 Å². The summed E-state index contributed by atoms with van der Waals surface area (Å²) >= 11 is 0. The Balaban J connectivity index is 1.94. The molecule has 1 unspecified atom stereocenters. The van der Waals surface area contributed by atoms with Gasteiger partial charge in [0.15, 0.2) is 0 Å². The van der Waals surface area contributed by atoms with E-state index in [-0.39, 0.29) is 11.8 Å². The van der Waals surface area contributed by atoms with Gasteiger partial charge in [0.25, 0.3) is 0 Å². The largest absolute Gasteiger partial charge is 0.497 e. The third kappa shape index (κ3) is 5.49. The van der Waals surface area contributed by atoms with E-state index in [1.165, 1.54) is 6.08 Å². The van der Waals surface area contributed by atoms with E-state index < -0.39 is 6.04 Å². The van der Waals surface area contributed by atoms with Crippen LogP contribution in [-0.2, 0) is 14.3 Å².